The number of benzene rings is 1. The number of amides is 1. The zero-order valence-corrected chi connectivity index (χ0v) is 20.9. The second kappa shape index (κ2) is 11.4. The summed E-state index contributed by atoms with van der Waals surface area (Å²) in [5.41, 5.74) is -3.38. The highest BCUT2D eigenvalue weighted by Crippen LogP contribution is 2.37. The smallest absolute Gasteiger partial charge is 0.416 e. The molecule has 1 aliphatic rings. The van der Waals surface area contributed by atoms with Gasteiger partial charge in [-0.1, -0.05) is 26.7 Å². The Morgan fingerprint density at radius 2 is 1.37 bits per heavy atom. The molecule has 35 heavy (non-hydrogen) atoms. The maximum atomic E-state index is 13.2. The molecule has 1 aromatic rings. The van der Waals surface area contributed by atoms with Crippen molar-refractivity contribution in [1.82, 2.24) is 10.2 Å². The van der Waals surface area contributed by atoms with Crippen molar-refractivity contribution in [2.24, 2.45) is 0 Å². The van der Waals surface area contributed by atoms with Crippen molar-refractivity contribution in [2.45, 2.75) is 116 Å². The number of ether oxygens (including phenoxy) is 1. The molecule has 1 aliphatic heterocycles. The third-order valence-electron chi connectivity index (χ3n) is 5.99. The molecule has 0 aromatic heterocycles. The lowest BCUT2D eigenvalue weighted by molar-refractivity contribution is -0.143. The fourth-order valence-electron chi connectivity index (χ4n) is 4.62. The van der Waals surface area contributed by atoms with Crippen LogP contribution in [0.15, 0.2) is 18.2 Å². The highest BCUT2D eigenvalue weighted by molar-refractivity contribution is 5.69. The molecule has 1 aromatic carbocycles. The van der Waals surface area contributed by atoms with Crippen LogP contribution in [0.3, 0.4) is 0 Å². The maximum absolute atomic E-state index is 13.2. The van der Waals surface area contributed by atoms with Gasteiger partial charge in [-0.3, -0.25) is 0 Å². The van der Waals surface area contributed by atoms with Crippen LogP contribution in [-0.4, -0.2) is 34.7 Å². The number of hydrogen-bond acceptors (Lipinski definition) is 3. The first-order chi connectivity index (χ1) is 16.0. The van der Waals surface area contributed by atoms with Gasteiger partial charge < -0.3 is 15.0 Å². The molecule has 2 unspecified atom stereocenters. The zero-order valence-electron chi connectivity index (χ0n) is 20.9. The predicted octanol–water partition coefficient (Wildman–Crippen LogP) is 7.55. The van der Waals surface area contributed by atoms with E-state index in [4.69, 9.17) is 4.74 Å². The van der Waals surface area contributed by atoms with Crippen LogP contribution in [0, 0.1) is 0 Å². The van der Waals surface area contributed by atoms with Crippen LogP contribution in [0.5, 0.6) is 0 Å². The van der Waals surface area contributed by atoms with Crippen LogP contribution >= 0.6 is 0 Å². The Kier molecular flexibility index (Phi) is 9.52. The largest absolute Gasteiger partial charge is 0.444 e. The van der Waals surface area contributed by atoms with Gasteiger partial charge in [0.25, 0.3) is 0 Å². The molecule has 1 heterocycles. The number of alkyl halides is 6. The Morgan fingerprint density at radius 1 is 0.914 bits per heavy atom. The quantitative estimate of drug-likeness (QED) is 0.385. The first kappa shape index (κ1) is 29.3. The Morgan fingerprint density at radius 3 is 1.74 bits per heavy atom. The first-order valence-corrected chi connectivity index (χ1v) is 12.1. The van der Waals surface area contributed by atoms with Crippen molar-refractivity contribution in [3.63, 3.8) is 0 Å². The van der Waals surface area contributed by atoms with Gasteiger partial charge in [0.05, 0.1) is 11.1 Å². The van der Waals surface area contributed by atoms with Gasteiger partial charge in [-0.15, -0.1) is 0 Å². The third-order valence-corrected chi connectivity index (χ3v) is 5.99. The lowest BCUT2D eigenvalue weighted by Gasteiger charge is -2.46. The summed E-state index contributed by atoms with van der Waals surface area (Å²) in [6.07, 6.45) is -5.99. The minimum atomic E-state index is -4.88. The molecule has 1 fully saturated rings. The Bertz CT molecular complexity index is 800. The number of carbonyl (C=O) groups excluding carboxylic acids is 1. The lowest BCUT2D eigenvalue weighted by atomic mass is 9.87. The average molecular weight is 511 g/mol. The zero-order chi connectivity index (χ0) is 26.6. The lowest BCUT2D eigenvalue weighted by Crippen LogP contribution is -2.57. The molecular formula is C25H36F6N2O2. The van der Waals surface area contributed by atoms with Gasteiger partial charge in [-0.2, -0.15) is 26.3 Å². The monoisotopic (exact) mass is 510 g/mol. The Balaban J connectivity index is 2.25. The summed E-state index contributed by atoms with van der Waals surface area (Å²) in [5, 5.41) is 3.17. The van der Waals surface area contributed by atoms with E-state index in [1.54, 1.807) is 25.7 Å². The van der Waals surface area contributed by atoms with Crippen LogP contribution < -0.4 is 5.32 Å². The fourth-order valence-corrected chi connectivity index (χ4v) is 4.62. The van der Waals surface area contributed by atoms with Crippen molar-refractivity contribution in [2.75, 3.05) is 0 Å². The molecule has 4 nitrogen and oxygen atoms in total. The van der Waals surface area contributed by atoms with Gasteiger partial charge in [-0.05, 0) is 70.2 Å². The molecule has 0 aliphatic carbocycles. The van der Waals surface area contributed by atoms with Gasteiger partial charge in [-0.25, -0.2) is 4.79 Å². The van der Waals surface area contributed by atoms with Gasteiger partial charge in [0.2, 0.25) is 0 Å². The molecule has 0 radical (unpaired) electrons. The Labute approximate surface area is 203 Å². The van der Waals surface area contributed by atoms with E-state index in [-0.39, 0.29) is 42.4 Å². The third kappa shape index (κ3) is 8.58. The number of halogens is 6. The minimum absolute atomic E-state index is 0.0826. The molecule has 0 saturated carbocycles. The van der Waals surface area contributed by atoms with E-state index in [2.05, 4.69) is 5.32 Å². The maximum Gasteiger partial charge on any atom is 0.416 e. The van der Waals surface area contributed by atoms with E-state index in [9.17, 15) is 31.1 Å². The van der Waals surface area contributed by atoms with Gasteiger partial charge in [0, 0.05) is 24.7 Å². The molecule has 1 N–H and O–H groups in total. The normalized spacial score (nSPS) is 21.8. The molecule has 200 valence electrons. The second-order valence-corrected chi connectivity index (χ2v) is 10.2. The van der Waals surface area contributed by atoms with Crippen molar-refractivity contribution in [3.8, 4) is 0 Å². The number of likely N-dealkylation sites (tertiary alicyclic amines) is 1. The number of hydrogen-bond donors (Lipinski definition) is 1. The molecular weight excluding hydrogens is 474 g/mol. The van der Waals surface area contributed by atoms with Crippen LogP contribution in [0.25, 0.3) is 0 Å². The van der Waals surface area contributed by atoms with Crippen molar-refractivity contribution < 1.29 is 35.9 Å². The van der Waals surface area contributed by atoms with Gasteiger partial charge in [0.15, 0.2) is 0 Å². The predicted molar refractivity (Wildman–Crippen MR) is 122 cm³/mol. The number of carbonyl (C=O) groups is 1. The summed E-state index contributed by atoms with van der Waals surface area (Å²) in [4.78, 5) is 14.8. The standard InChI is InChI=1S/C25H36F6N2O2/c1-6-8-20-13-19(14-21(9-7-2)33(20)22(34)35-23(3,4)5)32-15-16-10-17(24(26,27)28)12-18(11-16)25(29,30)31/h10-12,19-21,32H,6-9,13-15H2,1-5H3. The van der Waals surface area contributed by atoms with E-state index in [0.717, 1.165) is 37.8 Å². The average Bonchev–Trinajstić information content (AvgIpc) is 2.70. The molecule has 10 heteroatoms. The molecule has 2 atom stereocenters. The van der Waals surface area contributed by atoms with E-state index < -0.39 is 29.1 Å². The van der Waals surface area contributed by atoms with Gasteiger partial charge >= 0.3 is 18.4 Å². The molecule has 0 bridgehead atoms. The minimum Gasteiger partial charge on any atom is -0.444 e. The number of nitrogens with one attached hydrogen (secondary N) is 1. The van der Waals surface area contributed by atoms with Crippen LogP contribution in [0.2, 0.25) is 0 Å². The van der Waals surface area contributed by atoms with Crippen LogP contribution in [0.1, 0.15) is 89.8 Å². The Hall–Kier alpha value is -1.97. The van der Waals surface area contributed by atoms with E-state index in [1.165, 1.54) is 0 Å². The van der Waals surface area contributed by atoms with Crippen LogP contribution in [-0.2, 0) is 23.6 Å². The van der Waals surface area contributed by atoms with Gasteiger partial charge in [0.1, 0.15) is 5.60 Å². The van der Waals surface area contributed by atoms with Crippen molar-refractivity contribution in [3.05, 3.63) is 34.9 Å². The molecule has 0 spiro atoms. The number of piperidine rings is 1. The van der Waals surface area contributed by atoms with Crippen molar-refractivity contribution in [1.29, 1.82) is 0 Å². The fraction of sp³-hybridized carbons (Fsp3) is 0.720. The number of rotatable bonds is 7. The first-order valence-electron chi connectivity index (χ1n) is 12.1. The summed E-state index contributed by atoms with van der Waals surface area (Å²) < 4.78 is 84.9. The van der Waals surface area contributed by atoms with E-state index in [1.807, 2.05) is 13.8 Å². The van der Waals surface area contributed by atoms with E-state index in [0.29, 0.717) is 12.8 Å². The molecule has 1 amide bonds. The summed E-state index contributed by atoms with van der Waals surface area (Å²) in [6, 6.07) is 1.22. The highest BCUT2D eigenvalue weighted by atomic mass is 19.4. The highest BCUT2D eigenvalue weighted by Gasteiger charge is 2.40. The molecule has 1 saturated heterocycles. The summed E-state index contributed by atoms with van der Waals surface area (Å²) in [5.74, 6) is 0. The van der Waals surface area contributed by atoms with Crippen LogP contribution in [0.4, 0.5) is 31.1 Å². The summed E-state index contributed by atoms with van der Waals surface area (Å²) in [6.45, 7) is 9.26. The number of nitrogens with zero attached hydrogens (tertiary/aromatic N) is 1. The molecule has 2 rings (SSSR count). The van der Waals surface area contributed by atoms with Crippen molar-refractivity contribution >= 4 is 6.09 Å². The van der Waals surface area contributed by atoms with E-state index >= 15 is 0 Å². The summed E-state index contributed by atoms with van der Waals surface area (Å²) in [7, 11) is 0. The topological polar surface area (TPSA) is 41.6 Å². The summed E-state index contributed by atoms with van der Waals surface area (Å²) >= 11 is 0. The second-order valence-electron chi connectivity index (χ2n) is 10.2. The SMILES string of the molecule is CCCC1CC(NCc2cc(C(F)(F)F)cc(C(F)(F)F)c2)CC(CCC)N1C(=O)OC(C)(C)C.